The average molecular weight is 229 g/mol. The van der Waals surface area contributed by atoms with Crippen LogP contribution in [-0.2, 0) is 4.79 Å². The molecule has 2 saturated heterocycles. The Morgan fingerprint density at radius 1 is 1.60 bits per heavy atom. The number of rotatable bonds is 3. The maximum atomic E-state index is 10.7. The van der Waals surface area contributed by atoms with Gasteiger partial charge in [0, 0.05) is 23.1 Å². The van der Waals surface area contributed by atoms with E-state index in [-0.39, 0.29) is 0 Å². The van der Waals surface area contributed by atoms with E-state index in [1.807, 2.05) is 11.8 Å². The summed E-state index contributed by atoms with van der Waals surface area (Å²) in [5.74, 6) is 0.544. The second-order valence-corrected chi connectivity index (χ2v) is 6.14. The normalized spacial score (nSPS) is 37.3. The number of carboxylic acids is 1. The van der Waals surface area contributed by atoms with Crippen molar-refractivity contribution in [3.8, 4) is 0 Å². The van der Waals surface area contributed by atoms with Crippen molar-refractivity contribution < 1.29 is 9.90 Å². The van der Waals surface area contributed by atoms with Gasteiger partial charge in [-0.3, -0.25) is 9.69 Å². The van der Waals surface area contributed by atoms with Crippen molar-refractivity contribution in [1.29, 1.82) is 0 Å². The molecule has 86 valence electrons. The Labute approximate surface area is 95.2 Å². The summed E-state index contributed by atoms with van der Waals surface area (Å²) in [6, 6.07) is 0.940. The van der Waals surface area contributed by atoms with Gasteiger partial charge in [-0.2, -0.15) is 11.8 Å². The standard InChI is InChI=1S/C11H19NO2S/c1-8-5-10(7-15-8)12-4-2-3-9(12)6-11(13)14/h8-10H,2-7H2,1H3,(H,13,14). The number of carboxylic acid groups (broad SMARTS) is 1. The fourth-order valence-electron chi connectivity index (χ4n) is 2.79. The molecule has 2 rings (SSSR count). The third-order valence-corrected chi connectivity index (χ3v) is 4.82. The van der Waals surface area contributed by atoms with Crippen LogP contribution in [0.3, 0.4) is 0 Å². The summed E-state index contributed by atoms with van der Waals surface area (Å²) >= 11 is 2.02. The number of hydrogen-bond donors (Lipinski definition) is 1. The zero-order valence-corrected chi connectivity index (χ0v) is 10.0. The SMILES string of the molecule is CC1CC(N2CCCC2CC(=O)O)CS1. The van der Waals surface area contributed by atoms with Crippen molar-refractivity contribution >= 4 is 17.7 Å². The molecule has 0 bridgehead atoms. The maximum absolute atomic E-state index is 10.7. The summed E-state index contributed by atoms with van der Waals surface area (Å²) in [4.78, 5) is 13.2. The van der Waals surface area contributed by atoms with Crippen molar-refractivity contribution in [2.45, 2.75) is 49.9 Å². The molecule has 0 aromatic rings. The van der Waals surface area contributed by atoms with Gasteiger partial charge in [0.2, 0.25) is 0 Å². The minimum Gasteiger partial charge on any atom is -0.481 e. The lowest BCUT2D eigenvalue weighted by molar-refractivity contribution is -0.138. The van der Waals surface area contributed by atoms with Crippen LogP contribution in [0.2, 0.25) is 0 Å². The van der Waals surface area contributed by atoms with Crippen LogP contribution >= 0.6 is 11.8 Å². The third-order valence-electron chi connectivity index (χ3n) is 3.48. The largest absolute Gasteiger partial charge is 0.481 e. The molecule has 0 aromatic carbocycles. The van der Waals surface area contributed by atoms with Crippen molar-refractivity contribution in [2.24, 2.45) is 0 Å². The second-order valence-electron chi connectivity index (χ2n) is 4.67. The molecule has 3 nitrogen and oxygen atoms in total. The monoisotopic (exact) mass is 229 g/mol. The fourth-order valence-corrected chi connectivity index (χ4v) is 4.02. The Morgan fingerprint density at radius 3 is 3.00 bits per heavy atom. The molecule has 2 heterocycles. The molecule has 0 amide bonds. The van der Waals surface area contributed by atoms with E-state index in [9.17, 15) is 4.79 Å². The summed E-state index contributed by atoms with van der Waals surface area (Å²) in [5, 5.41) is 9.61. The quantitative estimate of drug-likeness (QED) is 0.801. The van der Waals surface area contributed by atoms with Crippen LogP contribution in [0.1, 0.15) is 32.6 Å². The summed E-state index contributed by atoms with van der Waals surface area (Å²) in [6.45, 7) is 3.38. The highest BCUT2D eigenvalue weighted by atomic mass is 32.2. The lowest BCUT2D eigenvalue weighted by atomic mass is 10.1. The van der Waals surface area contributed by atoms with Gasteiger partial charge in [-0.25, -0.2) is 0 Å². The predicted molar refractivity (Wildman–Crippen MR) is 62.3 cm³/mol. The highest BCUT2D eigenvalue weighted by Crippen LogP contribution is 2.34. The summed E-state index contributed by atoms with van der Waals surface area (Å²) in [6.07, 6.45) is 3.81. The number of thioether (sulfide) groups is 1. The lowest BCUT2D eigenvalue weighted by Gasteiger charge is -2.29. The van der Waals surface area contributed by atoms with Crippen LogP contribution in [0, 0.1) is 0 Å². The zero-order valence-electron chi connectivity index (χ0n) is 9.19. The molecule has 2 aliphatic rings. The molecule has 0 spiro atoms. The van der Waals surface area contributed by atoms with Gasteiger partial charge in [0.1, 0.15) is 0 Å². The molecular formula is C11H19NO2S. The van der Waals surface area contributed by atoms with Gasteiger partial charge in [0.15, 0.2) is 0 Å². The number of aliphatic carboxylic acids is 1. The molecule has 0 saturated carbocycles. The van der Waals surface area contributed by atoms with Gasteiger partial charge in [-0.15, -0.1) is 0 Å². The summed E-state index contributed by atoms with van der Waals surface area (Å²) < 4.78 is 0. The molecular weight excluding hydrogens is 210 g/mol. The van der Waals surface area contributed by atoms with Gasteiger partial charge in [-0.1, -0.05) is 6.92 Å². The second kappa shape index (κ2) is 4.74. The van der Waals surface area contributed by atoms with Gasteiger partial charge >= 0.3 is 5.97 Å². The van der Waals surface area contributed by atoms with E-state index in [0.717, 1.165) is 18.2 Å². The number of hydrogen-bond acceptors (Lipinski definition) is 3. The predicted octanol–water partition coefficient (Wildman–Crippen LogP) is 1.82. The first-order valence-electron chi connectivity index (χ1n) is 5.76. The van der Waals surface area contributed by atoms with Gasteiger partial charge in [-0.05, 0) is 25.8 Å². The van der Waals surface area contributed by atoms with Crippen molar-refractivity contribution in [2.75, 3.05) is 12.3 Å². The van der Waals surface area contributed by atoms with E-state index in [4.69, 9.17) is 5.11 Å². The number of carbonyl (C=O) groups is 1. The number of likely N-dealkylation sites (tertiary alicyclic amines) is 1. The maximum Gasteiger partial charge on any atom is 0.304 e. The van der Waals surface area contributed by atoms with Crippen LogP contribution in [0.4, 0.5) is 0 Å². The van der Waals surface area contributed by atoms with E-state index in [1.54, 1.807) is 0 Å². The lowest BCUT2D eigenvalue weighted by Crippen LogP contribution is -2.40. The highest BCUT2D eigenvalue weighted by molar-refractivity contribution is 8.00. The first kappa shape index (κ1) is 11.3. The van der Waals surface area contributed by atoms with Gasteiger partial charge in [0.25, 0.3) is 0 Å². The molecule has 0 radical (unpaired) electrons. The Balaban J connectivity index is 1.92. The van der Waals surface area contributed by atoms with E-state index in [1.165, 1.54) is 18.6 Å². The minimum atomic E-state index is -0.648. The Kier molecular flexibility index (Phi) is 3.57. The topological polar surface area (TPSA) is 40.5 Å². The van der Waals surface area contributed by atoms with Crippen LogP contribution in [-0.4, -0.2) is 45.6 Å². The molecule has 3 atom stereocenters. The minimum absolute atomic E-state index is 0.304. The summed E-state index contributed by atoms with van der Waals surface area (Å²) in [7, 11) is 0. The fraction of sp³-hybridized carbons (Fsp3) is 0.909. The molecule has 15 heavy (non-hydrogen) atoms. The van der Waals surface area contributed by atoms with Crippen LogP contribution in [0.15, 0.2) is 0 Å². The third kappa shape index (κ3) is 2.67. The van der Waals surface area contributed by atoms with Crippen molar-refractivity contribution in [3.63, 3.8) is 0 Å². The van der Waals surface area contributed by atoms with Gasteiger partial charge in [0.05, 0.1) is 6.42 Å². The van der Waals surface area contributed by atoms with Crippen molar-refractivity contribution in [3.05, 3.63) is 0 Å². The first-order valence-corrected chi connectivity index (χ1v) is 6.81. The van der Waals surface area contributed by atoms with Crippen LogP contribution < -0.4 is 0 Å². The smallest absolute Gasteiger partial charge is 0.304 e. The first-order chi connectivity index (χ1) is 7.16. The van der Waals surface area contributed by atoms with E-state index in [0.29, 0.717) is 18.5 Å². The van der Waals surface area contributed by atoms with E-state index < -0.39 is 5.97 Å². The summed E-state index contributed by atoms with van der Waals surface area (Å²) in [5.41, 5.74) is 0. The Hall–Kier alpha value is -0.220. The van der Waals surface area contributed by atoms with Crippen LogP contribution in [0.5, 0.6) is 0 Å². The highest BCUT2D eigenvalue weighted by Gasteiger charge is 2.35. The molecule has 2 fully saturated rings. The molecule has 3 unspecified atom stereocenters. The van der Waals surface area contributed by atoms with E-state index >= 15 is 0 Å². The van der Waals surface area contributed by atoms with Gasteiger partial charge < -0.3 is 5.11 Å². The molecule has 2 aliphatic heterocycles. The molecule has 1 N–H and O–H groups in total. The molecule has 0 aliphatic carbocycles. The number of nitrogens with zero attached hydrogens (tertiary/aromatic N) is 1. The van der Waals surface area contributed by atoms with Crippen LogP contribution in [0.25, 0.3) is 0 Å². The Morgan fingerprint density at radius 2 is 2.40 bits per heavy atom. The Bertz CT molecular complexity index is 247. The van der Waals surface area contributed by atoms with Crippen molar-refractivity contribution in [1.82, 2.24) is 4.90 Å². The van der Waals surface area contributed by atoms with E-state index in [2.05, 4.69) is 11.8 Å². The average Bonchev–Trinajstić information content (AvgIpc) is 2.72. The molecule has 0 aromatic heterocycles. The zero-order chi connectivity index (χ0) is 10.8. The molecule has 4 heteroatoms.